The number of nitrogens with zero attached hydrogens (tertiary/aromatic N) is 1. The van der Waals surface area contributed by atoms with Crippen LogP contribution in [0.15, 0.2) is 30.3 Å². The fourth-order valence-electron chi connectivity index (χ4n) is 2.95. The molecule has 0 aromatic heterocycles. The number of hydrogen-bond donors (Lipinski definition) is 1. The van der Waals surface area contributed by atoms with Crippen molar-refractivity contribution < 1.29 is 4.74 Å². The van der Waals surface area contributed by atoms with Crippen LogP contribution in [0.2, 0.25) is 0 Å². The molecule has 92 valence electrons. The lowest BCUT2D eigenvalue weighted by molar-refractivity contribution is -0.152. The van der Waals surface area contributed by atoms with E-state index in [1.807, 2.05) is 0 Å². The van der Waals surface area contributed by atoms with Crippen LogP contribution in [0.25, 0.3) is 0 Å². The molecule has 1 atom stereocenters. The third-order valence-corrected chi connectivity index (χ3v) is 3.84. The lowest BCUT2D eigenvalue weighted by Crippen LogP contribution is -2.57. The van der Waals surface area contributed by atoms with Gasteiger partial charge in [-0.1, -0.05) is 30.3 Å². The summed E-state index contributed by atoms with van der Waals surface area (Å²) in [6.07, 6.45) is 2.40. The molecule has 0 saturated carbocycles. The highest BCUT2D eigenvalue weighted by Gasteiger charge is 2.42. The zero-order valence-corrected chi connectivity index (χ0v) is 10.2. The maximum Gasteiger partial charge on any atom is 0.134 e. The molecule has 1 N–H and O–H groups in total. The minimum atomic E-state index is -0.0336. The normalized spacial score (nSPS) is 29.9. The molecule has 0 aliphatic carbocycles. The van der Waals surface area contributed by atoms with Gasteiger partial charge in [0.25, 0.3) is 0 Å². The second kappa shape index (κ2) is 4.77. The van der Waals surface area contributed by atoms with Crippen molar-refractivity contribution in [3.05, 3.63) is 35.9 Å². The summed E-state index contributed by atoms with van der Waals surface area (Å²) in [7, 11) is 0. The van der Waals surface area contributed by atoms with Gasteiger partial charge in [0.1, 0.15) is 5.72 Å². The molecule has 3 nitrogen and oxygen atoms in total. The van der Waals surface area contributed by atoms with Crippen molar-refractivity contribution in [1.29, 1.82) is 0 Å². The maximum absolute atomic E-state index is 6.07. The number of benzene rings is 1. The molecule has 0 radical (unpaired) electrons. The fourth-order valence-corrected chi connectivity index (χ4v) is 2.95. The first-order valence-electron chi connectivity index (χ1n) is 6.53. The van der Waals surface area contributed by atoms with Crippen LogP contribution in [-0.4, -0.2) is 36.9 Å². The summed E-state index contributed by atoms with van der Waals surface area (Å²) in [6.45, 7) is 4.95. The van der Waals surface area contributed by atoms with E-state index in [1.54, 1.807) is 0 Å². The molecule has 2 heterocycles. The number of nitrogens with one attached hydrogen (secondary N) is 1. The molecule has 2 fully saturated rings. The smallest absolute Gasteiger partial charge is 0.134 e. The van der Waals surface area contributed by atoms with Gasteiger partial charge in [-0.2, -0.15) is 0 Å². The highest BCUT2D eigenvalue weighted by Crippen LogP contribution is 2.32. The Balaban J connectivity index is 1.73. The number of hydrogen-bond acceptors (Lipinski definition) is 3. The van der Waals surface area contributed by atoms with Crippen molar-refractivity contribution in [3.63, 3.8) is 0 Å². The van der Waals surface area contributed by atoms with Crippen molar-refractivity contribution in [3.8, 4) is 0 Å². The van der Waals surface area contributed by atoms with Crippen LogP contribution < -0.4 is 5.32 Å². The van der Waals surface area contributed by atoms with Crippen LogP contribution in [0.3, 0.4) is 0 Å². The first-order chi connectivity index (χ1) is 8.39. The van der Waals surface area contributed by atoms with E-state index in [1.165, 1.54) is 12.0 Å². The van der Waals surface area contributed by atoms with Crippen molar-refractivity contribution in [2.75, 3.05) is 26.2 Å². The van der Waals surface area contributed by atoms with E-state index < -0.39 is 0 Å². The summed E-state index contributed by atoms with van der Waals surface area (Å²) in [4.78, 5) is 2.49. The number of morpholine rings is 1. The third-order valence-electron chi connectivity index (χ3n) is 3.84. The van der Waals surface area contributed by atoms with Crippen molar-refractivity contribution >= 4 is 0 Å². The third kappa shape index (κ3) is 2.23. The van der Waals surface area contributed by atoms with Crippen molar-refractivity contribution in [2.45, 2.75) is 25.1 Å². The first kappa shape index (κ1) is 11.2. The highest BCUT2D eigenvalue weighted by molar-refractivity contribution is 5.15. The molecule has 1 spiro atoms. The van der Waals surface area contributed by atoms with Gasteiger partial charge in [-0.05, 0) is 18.4 Å². The fraction of sp³-hybridized carbons (Fsp3) is 0.571. The van der Waals surface area contributed by atoms with Gasteiger partial charge in [-0.15, -0.1) is 0 Å². The zero-order valence-electron chi connectivity index (χ0n) is 10.2. The van der Waals surface area contributed by atoms with Gasteiger partial charge in [0.05, 0.1) is 6.61 Å². The van der Waals surface area contributed by atoms with Gasteiger partial charge in [-0.25, -0.2) is 0 Å². The molecule has 2 aliphatic heterocycles. The maximum atomic E-state index is 6.07. The van der Waals surface area contributed by atoms with Gasteiger partial charge in [-0.3, -0.25) is 4.90 Å². The molecule has 0 bridgehead atoms. The second-order valence-corrected chi connectivity index (χ2v) is 4.98. The molecule has 2 aliphatic rings. The second-order valence-electron chi connectivity index (χ2n) is 4.98. The molecule has 2 saturated heterocycles. The molecule has 1 aromatic rings. The van der Waals surface area contributed by atoms with Crippen molar-refractivity contribution in [1.82, 2.24) is 10.2 Å². The lowest BCUT2D eigenvalue weighted by atomic mass is 10.1. The summed E-state index contributed by atoms with van der Waals surface area (Å²) in [5.74, 6) is 0. The quantitative estimate of drug-likeness (QED) is 0.838. The molecule has 1 aromatic carbocycles. The molecule has 0 amide bonds. The van der Waals surface area contributed by atoms with Gasteiger partial charge >= 0.3 is 0 Å². The van der Waals surface area contributed by atoms with E-state index in [4.69, 9.17) is 4.74 Å². The summed E-state index contributed by atoms with van der Waals surface area (Å²) in [5, 5.41) is 3.47. The van der Waals surface area contributed by atoms with E-state index in [2.05, 4.69) is 40.5 Å². The number of ether oxygens (including phenoxy) is 1. The van der Waals surface area contributed by atoms with Crippen LogP contribution in [-0.2, 0) is 11.3 Å². The van der Waals surface area contributed by atoms with E-state index in [0.717, 1.165) is 39.2 Å². The first-order valence-corrected chi connectivity index (χ1v) is 6.53. The molecule has 3 heteroatoms. The van der Waals surface area contributed by atoms with Crippen LogP contribution in [0.4, 0.5) is 0 Å². The van der Waals surface area contributed by atoms with Gasteiger partial charge in [0.15, 0.2) is 0 Å². The molecular weight excluding hydrogens is 212 g/mol. The van der Waals surface area contributed by atoms with E-state index in [9.17, 15) is 0 Å². The van der Waals surface area contributed by atoms with Gasteiger partial charge in [0.2, 0.25) is 0 Å². The summed E-state index contributed by atoms with van der Waals surface area (Å²) in [6, 6.07) is 10.7. The van der Waals surface area contributed by atoms with Crippen LogP contribution in [0.5, 0.6) is 0 Å². The standard InChI is InChI=1S/C14H20N2O/c1-2-5-13(6-3-1)11-16-9-4-7-14(16)12-15-8-10-17-14/h1-3,5-6,15H,4,7-12H2. The Hall–Kier alpha value is -0.900. The Kier molecular flexibility index (Phi) is 3.14. The topological polar surface area (TPSA) is 24.5 Å². The largest absolute Gasteiger partial charge is 0.358 e. The Morgan fingerprint density at radius 1 is 1.29 bits per heavy atom. The predicted octanol–water partition coefficient (Wildman–Crippen LogP) is 1.60. The monoisotopic (exact) mass is 232 g/mol. The Labute approximate surface area is 103 Å². The number of likely N-dealkylation sites (tertiary alicyclic amines) is 1. The summed E-state index contributed by atoms with van der Waals surface area (Å²) in [5.41, 5.74) is 1.34. The molecule has 1 unspecified atom stereocenters. The molecule has 17 heavy (non-hydrogen) atoms. The van der Waals surface area contributed by atoms with Crippen molar-refractivity contribution in [2.24, 2.45) is 0 Å². The summed E-state index contributed by atoms with van der Waals surface area (Å²) < 4.78 is 6.07. The molecule has 3 rings (SSSR count). The van der Waals surface area contributed by atoms with Crippen LogP contribution >= 0.6 is 0 Å². The van der Waals surface area contributed by atoms with E-state index in [0.29, 0.717) is 0 Å². The lowest BCUT2D eigenvalue weighted by Gasteiger charge is -2.41. The minimum absolute atomic E-state index is 0.0336. The average molecular weight is 232 g/mol. The van der Waals surface area contributed by atoms with Gasteiger partial charge in [0, 0.05) is 26.2 Å². The number of rotatable bonds is 2. The highest BCUT2D eigenvalue weighted by atomic mass is 16.5. The van der Waals surface area contributed by atoms with Gasteiger partial charge < -0.3 is 10.1 Å². The Bertz CT molecular complexity index is 360. The van der Waals surface area contributed by atoms with E-state index in [-0.39, 0.29) is 5.72 Å². The van der Waals surface area contributed by atoms with E-state index >= 15 is 0 Å². The van der Waals surface area contributed by atoms with Crippen LogP contribution in [0.1, 0.15) is 18.4 Å². The Morgan fingerprint density at radius 3 is 2.94 bits per heavy atom. The predicted molar refractivity (Wildman–Crippen MR) is 67.6 cm³/mol. The Morgan fingerprint density at radius 2 is 2.18 bits per heavy atom. The van der Waals surface area contributed by atoms with Crippen LogP contribution in [0, 0.1) is 0 Å². The zero-order chi connectivity index (χ0) is 11.6. The summed E-state index contributed by atoms with van der Waals surface area (Å²) >= 11 is 0. The average Bonchev–Trinajstić information content (AvgIpc) is 2.74. The SMILES string of the molecule is c1ccc(CN2CCCC23CNCCO3)cc1. The molecular formula is C14H20N2O. The minimum Gasteiger partial charge on any atom is -0.358 e.